The normalized spacial score (nSPS) is 17.1. The molecule has 0 fully saturated rings. The lowest BCUT2D eigenvalue weighted by molar-refractivity contribution is 0.634. The van der Waals surface area contributed by atoms with Crippen LogP contribution in [0.25, 0.3) is 0 Å². The number of anilines is 2. The summed E-state index contributed by atoms with van der Waals surface area (Å²) < 4.78 is 0. The molecule has 1 aromatic heterocycles. The van der Waals surface area contributed by atoms with Crippen molar-refractivity contribution in [2.45, 2.75) is 12.3 Å². The summed E-state index contributed by atoms with van der Waals surface area (Å²) >= 11 is 0. The van der Waals surface area contributed by atoms with E-state index in [1.54, 1.807) is 12.3 Å². The number of hydrogen-bond acceptors (Lipinski definition) is 3. The van der Waals surface area contributed by atoms with Crippen LogP contribution >= 0.6 is 0 Å². The molecular formula is C14H15N3. The Morgan fingerprint density at radius 3 is 3.00 bits per heavy atom. The summed E-state index contributed by atoms with van der Waals surface area (Å²) in [5.74, 6) is 1.46. The summed E-state index contributed by atoms with van der Waals surface area (Å²) in [7, 11) is 0. The molecule has 1 aliphatic rings. The third-order valence-electron chi connectivity index (χ3n) is 3.27. The third-order valence-corrected chi connectivity index (χ3v) is 3.27. The van der Waals surface area contributed by atoms with Crippen LogP contribution in [0, 0.1) is 0 Å². The standard InChI is InChI=1S/C14H15N3/c15-12-5-6-16-14(8-12)17-9-11-7-10-3-1-2-4-13(10)11/h1-6,8,11H,7,9H2,(H3,15,16,17). The molecule has 17 heavy (non-hydrogen) atoms. The van der Waals surface area contributed by atoms with Gasteiger partial charge in [-0.05, 0) is 23.6 Å². The highest BCUT2D eigenvalue weighted by Crippen LogP contribution is 2.34. The molecule has 1 atom stereocenters. The second-order valence-electron chi connectivity index (χ2n) is 4.46. The molecule has 0 radical (unpaired) electrons. The van der Waals surface area contributed by atoms with Gasteiger partial charge in [0, 0.05) is 30.4 Å². The van der Waals surface area contributed by atoms with Crippen molar-refractivity contribution in [3.63, 3.8) is 0 Å². The Balaban J connectivity index is 1.64. The Kier molecular flexibility index (Phi) is 2.44. The van der Waals surface area contributed by atoms with Crippen molar-refractivity contribution in [2.24, 2.45) is 0 Å². The van der Waals surface area contributed by atoms with Crippen LogP contribution in [0.3, 0.4) is 0 Å². The average molecular weight is 225 g/mol. The van der Waals surface area contributed by atoms with E-state index in [4.69, 9.17) is 5.73 Å². The first kappa shape index (κ1) is 10.1. The lowest BCUT2D eigenvalue weighted by Crippen LogP contribution is -2.24. The van der Waals surface area contributed by atoms with Gasteiger partial charge in [0.25, 0.3) is 0 Å². The fourth-order valence-corrected chi connectivity index (χ4v) is 2.32. The molecule has 3 rings (SSSR count). The molecular weight excluding hydrogens is 210 g/mol. The monoisotopic (exact) mass is 225 g/mol. The first-order valence-corrected chi connectivity index (χ1v) is 5.86. The van der Waals surface area contributed by atoms with Gasteiger partial charge in [-0.15, -0.1) is 0 Å². The molecule has 1 aliphatic carbocycles. The highest BCUT2D eigenvalue weighted by atomic mass is 15.0. The molecule has 0 saturated heterocycles. The van der Waals surface area contributed by atoms with Crippen LogP contribution in [0.1, 0.15) is 17.0 Å². The fourth-order valence-electron chi connectivity index (χ4n) is 2.32. The summed E-state index contributed by atoms with van der Waals surface area (Å²) in [6, 6.07) is 12.3. The van der Waals surface area contributed by atoms with Crippen LogP contribution in [-0.2, 0) is 6.42 Å². The average Bonchev–Trinajstić information content (AvgIpc) is 2.30. The van der Waals surface area contributed by atoms with Crippen LogP contribution in [0.15, 0.2) is 42.6 Å². The second-order valence-corrected chi connectivity index (χ2v) is 4.46. The number of aromatic nitrogens is 1. The summed E-state index contributed by atoms with van der Waals surface area (Å²) in [6.45, 7) is 0.924. The largest absolute Gasteiger partial charge is 0.399 e. The first-order chi connectivity index (χ1) is 8.33. The fraction of sp³-hybridized carbons (Fsp3) is 0.214. The van der Waals surface area contributed by atoms with Crippen LogP contribution in [0.4, 0.5) is 11.5 Å². The summed E-state index contributed by atoms with van der Waals surface area (Å²) in [4.78, 5) is 4.23. The SMILES string of the molecule is Nc1ccnc(NCC2Cc3ccccc32)c1. The molecule has 3 nitrogen and oxygen atoms in total. The number of nitrogens with zero attached hydrogens (tertiary/aromatic N) is 1. The third kappa shape index (κ3) is 1.96. The smallest absolute Gasteiger partial charge is 0.127 e. The topological polar surface area (TPSA) is 50.9 Å². The van der Waals surface area contributed by atoms with Crippen LogP contribution in [0.5, 0.6) is 0 Å². The molecule has 0 bridgehead atoms. The molecule has 3 heteroatoms. The van der Waals surface area contributed by atoms with Crippen molar-refractivity contribution in [3.8, 4) is 0 Å². The lowest BCUT2D eigenvalue weighted by Gasteiger charge is -2.30. The van der Waals surface area contributed by atoms with Crippen LogP contribution < -0.4 is 11.1 Å². The van der Waals surface area contributed by atoms with Gasteiger partial charge >= 0.3 is 0 Å². The first-order valence-electron chi connectivity index (χ1n) is 5.86. The van der Waals surface area contributed by atoms with Crippen molar-refractivity contribution in [3.05, 3.63) is 53.7 Å². The van der Waals surface area contributed by atoms with Gasteiger partial charge < -0.3 is 11.1 Å². The number of pyridine rings is 1. The molecule has 0 aliphatic heterocycles. The van der Waals surface area contributed by atoms with Crippen LogP contribution in [-0.4, -0.2) is 11.5 Å². The quantitative estimate of drug-likeness (QED) is 0.843. The van der Waals surface area contributed by atoms with E-state index in [0.717, 1.165) is 24.5 Å². The van der Waals surface area contributed by atoms with Gasteiger partial charge in [-0.3, -0.25) is 0 Å². The van der Waals surface area contributed by atoms with Gasteiger partial charge in [0.15, 0.2) is 0 Å². The molecule has 1 heterocycles. The zero-order valence-electron chi connectivity index (χ0n) is 9.56. The van der Waals surface area contributed by atoms with Crippen molar-refractivity contribution in [2.75, 3.05) is 17.6 Å². The zero-order valence-corrected chi connectivity index (χ0v) is 9.56. The van der Waals surface area contributed by atoms with E-state index in [-0.39, 0.29) is 0 Å². The number of rotatable bonds is 3. The van der Waals surface area contributed by atoms with Crippen molar-refractivity contribution >= 4 is 11.5 Å². The highest BCUT2D eigenvalue weighted by molar-refractivity contribution is 5.49. The zero-order chi connectivity index (χ0) is 11.7. The minimum atomic E-state index is 0.606. The maximum Gasteiger partial charge on any atom is 0.127 e. The van der Waals surface area contributed by atoms with E-state index in [1.807, 2.05) is 6.07 Å². The minimum absolute atomic E-state index is 0.606. The molecule has 2 aromatic rings. The lowest BCUT2D eigenvalue weighted by atomic mass is 9.77. The van der Waals surface area contributed by atoms with Gasteiger partial charge in [0.2, 0.25) is 0 Å². The van der Waals surface area contributed by atoms with Gasteiger partial charge in [0.05, 0.1) is 0 Å². The number of hydrogen-bond donors (Lipinski definition) is 2. The molecule has 1 aromatic carbocycles. The second kappa shape index (κ2) is 4.09. The molecule has 0 amide bonds. The number of benzene rings is 1. The molecule has 0 spiro atoms. The van der Waals surface area contributed by atoms with Crippen molar-refractivity contribution in [1.29, 1.82) is 0 Å². The molecule has 0 saturated carbocycles. The molecule has 3 N–H and O–H groups in total. The summed E-state index contributed by atoms with van der Waals surface area (Å²) in [5, 5.41) is 3.34. The number of nitrogen functional groups attached to an aromatic ring is 1. The molecule has 1 unspecified atom stereocenters. The Morgan fingerprint density at radius 2 is 2.18 bits per heavy atom. The van der Waals surface area contributed by atoms with Gasteiger partial charge in [0.1, 0.15) is 5.82 Å². The van der Waals surface area contributed by atoms with E-state index in [1.165, 1.54) is 11.1 Å². The van der Waals surface area contributed by atoms with E-state index >= 15 is 0 Å². The van der Waals surface area contributed by atoms with Crippen molar-refractivity contribution < 1.29 is 0 Å². The number of fused-ring (bicyclic) bond motifs is 1. The number of nitrogens with two attached hydrogens (primary N) is 1. The minimum Gasteiger partial charge on any atom is -0.399 e. The molecule has 86 valence electrons. The summed E-state index contributed by atoms with van der Waals surface area (Å²) in [6.07, 6.45) is 2.89. The predicted molar refractivity (Wildman–Crippen MR) is 70.0 cm³/mol. The maximum absolute atomic E-state index is 5.71. The number of nitrogens with one attached hydrogen (secondary N) is 1. The van der Waals surface area contributed by atoms with Gasteiger partial charge in [-0.2, -0.15) is 0 Å². The maximum atomic E-state index is 5.71. The summed E-state index contributed by atoms with van der Waals surface area (Å²) in [5.41, 5.74) is 9.39. The Hall–Kier alpha value is -2.03. The van der Waals surface area contributed by atoms with Crippen molar-refractivity contribution in [1.82, 2.24) is 4.98 Å². The Bertz CT molecular complexity index is 536. The van der Waals surface area contributed by atoms with E-state index in [0.29, 0.717) is 5.92 Å². The Labute approximate surface area is 101 Å². The Morgan fingerprint density at radius 1 is 1.29 bits per heavy atom. The predicted octanol–water partition coefficient (Wildman–Crippen LogP) is 2.42. The highest BCUT2D eigenvalue weighted by Gasteiger charge is 2.24. The van der Waals surface area contributed by atoms with Crippen LogP contribution in [0.2, 0.25) is 0 Å². The van der Waals surface area contributed by atoms with Gasteiger partial charge in [-0.1, -0.05) is 24.3 Å². The van der Waals surface area contributed by atoms with E-state index < -0.39 is 0 Å². The van der Waals surface area contributed by atoms with E-state index in [2.05, 4.69) is 34.6 Å². The van der Waals surface area contributed by atoms with E-state index in [9.17, 15) is 0 Å². The van der Waals surface area contributed by atoms with Gasteiger partial charge in [-0.25, -0.2) is 4.98 Å².